The first-order valence-corrected chi connectivity index (χ1v) is 13.0. The Labute approximate surface area is 219 Å². The molecule has 4 aromatic rings. The van der Waals surface area contributed by atoms with Crippen molar-refractivity contribution in [3.63, 3.8) is 0 Å². The van der Waals surface area contributed by atoms with E-state index >= 15 is 0 Å². The molecular weight excluding hydrogens is 462 g/mol. The van der Waals surface area contributed by atoms with Crippen LogP contribution in [0.3, 0.4) is 0 Å². The van der Waals surface area contributed by atoms with E-state index in [9.17, 15) is 5.11 Å². The van der Waals surface area contributed by atoms with E-state index in [-0.39, 0.29) is 0 Å². The van der Waals surface area contributed by atoms with Crippen LogP contribution in [0.2, 0.25) is 0 Å². The molecule has 0 radical (unpaired) electrons. The Morgan fingerprint density at radius 3 is 2.27 bits per heavy atom. The Morgan fingerprint density at radius 1 is 0.784 bits per heavy atom. The van der Waals surface area contributed by atoms with Crippen molar-refractivity contribution in [3.8, 4) is 28.4 Å². The van der Waals surface area contributed by atoms with Crippen LogP contribution >= 0.6 is 0 Å². The molecule has 1 N–H and O–H groups in total. The summed E-state index contributed by atoms with van der Waals surface area (Å²) in [5, 5.41) is 13.7. The third kappa shape index (κ3) is 5.74. The van der Waals surface area contributed by atoms with Gasteiger partial charge in [0, 0.05) is 12.1 Å². The zero-order chi connectivity index (χ0) is 25.6. The smallest absolute Gasteiger partial charge is 0.119 e. The van der Waals surface area contributed by atoms with Gasteiger partial charge in [-0.3, -0.25) is 4.90 Å². The van der Waals surface area contributed by atoms with Crippen molar-refractivity contribution in [2.24, 2.45) is 0 Å². The molecule has 4 aromatic carbocycles. The maximum atomic E-state index is 11.7. The van der Waals surface area contributed by atoms with Gasteiger partial charge in [0.05, 0.1) is 14.2 Å². The number of hydrogen-bond donors (Lipinski definition) is 1. The van der Waals surface area contributed by atoms with E-state index in [1.807, 2.05) is 66.7 Å². The van der Waals surface area contributed by atoms with Crippen molar-refractivity contribution in [1.82, 2.24) is 4.90 Å². The normalized spacial score (nSPS) is 14.9. The van der Waals surface area contributed by atoms with Crippen LogP contribution in [-0.4, -0.2) is 50.5 Å². The van der Waals surface area contributed by atoms with E-state index in [1.165, 1.54) is 32.4 Å². The van der Waals surface area contributed by atoms with Crippen LogP contribution in [0.15, 0.2) is 78.9 Å². The Balaban J connectivity index is 1.44. The third-order valence-electron chi connectivity index (χ3n) is 7.24. The molecule has 37 heavy (non-hydrogen) atoms. The minimum Gasteiger partial charge on any atom is -0.497 e. The molecule has 0 aliphatic carbocycles. The summed E-state index contributed by atoms with van der Waals surface area (Å²) in [5.74, 6) is 2.38. The number of aliphatic hydroxyl groups is 1. The number of fused-ring (bicyclic) bond motifs is 1. The second kappa shape index (κ2) is 11.7. The van der Waals surface area contributed by atoms with Crippen LogP contribution in [0.1, 0.15) is 36.5 Å². The number of nitrogens with zero attached hydrogens (tertiary/aromatic N) is 1. The van der Waals surface area contributed by atoms with E-state index in [1.54, 1.807) is 14.2 Å². The number of piperidine rings is 1. The first-order valence-electron chi connectivity index (χ1n) is 13.0. The summed E-state index contributed by atoms with van der Waals surface area (Å²) in [6.07, 6.45) is 3.09. The molecule has 1 aliphatic rings. The molecule has 0 aromatic heterocycles. The predicted octanol–water partition coefficient (Wildman–Crippen LogP) is 6.47. The molecule has 5 nitrogen and oxygen atoms in total. The summed E-state index contributed by atoms with van der Waals surface area (Å²) in [6.45, 7) is 3.96. The fraction of sp³-hybridized carbons (Fsp3) is 0.312. The molecule has 1 unspecified atom stereocenters. The van der Waals surface area contributed by atoms with E-state index < -0.39 is 6.10 Å². The molecule has 5 heteroatoms. The van der Waals surface area contributed by atoms with Crippen molar-refractivity contribution in [3.05, 3.63) is 90.0 Å². The lowest BCUT2D eigenvalue weighted by Gasteiger charge is -2.26. The van der Waals surface area contributed by atoms with Crippen molar-refractivity contribution in [2.45, 2.75) is 25.4 Å². The average Bonchev–Trinajstić information content (AvgIpc) is 2.96. The van der Waals surface area contributed by atoms with E-state index in [0.717, 1.165) is 56.8 Å². The highest BCUT2D eigenvalue weighted by Gasteiger charge is 2.20. The molecule has 1 saturated heterocycles. The zero-order valence-corrected chi connectivity index (χ0v) is 21.7. The van der Waals surface area contributed by atoms with Gasteiger partial charge in [0.1, 0.15) is 30.0 Å². The first kappa shape index (κ1) is 25.1. The van der Waals surface area contributed by atoms with Crippen LogP contribution in [0.5, 0.6) is 17.2 Å². The molecule has 1 heterocycles. The molecule has 0 spiro atoms. The van der Waals surface area contributed by atoms with Crippen LogP contribution in [0, 0.1) is 0 Å². The van der Waals surface area contributed by atoms with Crippen LogP contribution in [0.25, 0.3) is 21.9 Å². The summed E-state index contributed by atoms with van der Waals surface area (Å²) in [6, 6.07) is 25.9. The van der Waals surface area contributed by atoms with Gasteiger partial charge in [-0.2, -0.15) is 0 Å². The number of ether oxygens (including phenoxy) is 3. The fourth-order valence-electron chi connectivity index (χ4n) is 5.18. The quantitative estimate of drug-likeness (QED) is 0.287. The van der Waals surface area contributed by atoms with Crippen molar-refractivity contribution in [2.75, 3.05) is 40.5 Å². The summed E-state index contributed by atoms with van der Waals surface area (Å²) >= 11 is 0. The van der Waals surface area contributed by atoms with E-state index in [2.05, 4.69) is 17.0 Å². The van der Waals surface area contributed by atoms with Crippen LogP contribution in [-0.2, 0) is 0 Å². The molecule has 1 aliphatic heterocycles. The number of benzene rings is 4. The molecule has 0 amide bonds. The second-order valence-corrected chi connectivity index (χ2v) is 9.57. The van der Waals surface area contributed by atoms with Gasteiger partial charge >= 0.3 is 0 Å². The molecular formula is C32H35NO4. The Kier molecular flexibility index (Phi) is 7.93. The SMILES string of the molecule is COc1cccc(-c2ccc3cc(OC)ccc3c2C(O)c2ccc(OCCN3CCCCC3)cc2)c1. The number of likely N-dealkylation sites (tertiary alicyclic amines) is 1. The van der Waals surface area contributed by atoms with Gasteiger partial charge in [0.25, 0.3) is 0 Å². The van der Waals surface area contributed by atoms with Gasteiger partial charge in [-0.05, 0) is 89.8 Å². The van der Waals surface area contributed by atoms with E-state index in [0.29, 0.717) is 6.61 Å². The summed E-state index contributed by atoms with van der Waals surface area (Å²) in [7, 11) is 3.33. The molecule has 5 rings (SSSR count). The first-order chi connectivity index (χ1) is 18.2. The Morgan fingerprint density at radius 2 is 1.51 bits per heavy atom. The molecule has 1 atom stereocenters. The Bertz CT molecular complexity index is 1330. The van der Waals surface area contributed by atoms with Gasteiger partial charge in [-0.1, -0.05) is 48.9 Å². The van der Waals surface area contributed by atoms with Crippen LogP contribution in [0.4, 0.5) is 0 Å². The lowest BCUT2D eigenvalue weighted by molar-refractivity contribution is 0.183. The van der Waals surface area contributed by atoms with E-state index in [4.69, 9.17) is 14.2 Å². The number of methoxy groups -OCH3 is 2. The maximum absolute atomic E-state index is 11.7. The zero-order valence-electron chi connectivity index (χ0n) is 21.7. The minimum absolute atomic E-state index is 0.674. The predicted molar refractivity (Wildman–Crippen MR) is 149 cm³/mol. The topological polar surface area (TPSA) is 51.2 Å². The van der Waals surface area contributed by atoms with Gasteiger partial charge in [-0.25, -0.2) is 0 Å². The highest BCUT2D eigenvalue weighted by Crippen LogP contribution is 2.39. The van der Waals surface area contributed by atoms with Crippen molar-refractivity contribution >= 4 is 10.8 Å². The lowest BCUT2D eigenvalue weighted by atomic mass is 9.88. The minimum atomic E-state index is -0.819. The number of hydrogen-bond acceptors (Lipinski definition) is 5. The summed E-state index contributed by atoms with van der Waals surface area (Å²) < 4.78 is 16.9. The summed E-state index contributed by atoms with van der Waals surface area (Å²) in [5.41, 5.74) is 3.62. The highest BCUT2D eigenvalue weighted by atomic mass is 16.5. The van der Waals surface area contributed by atoms with Gasteiger partial charge in [0.15, 0.2) is 0 Å². The van der Waals surface area contributed by atoms with Gasteiger partial charge < -0.3 is 19.3 Å². The largest absolute Gasteiger partial charge is 0.497 e. The summed E-state index contributed by atoms with van der Waals surface area (Å²) in [4.78, 5) is 2.47. The fourth-order valence-corrected chi connectivity index (χ4v) is 5.18. The van der Waals surface area contributed by atoms with Crippen molar-refractivity contribution < 1.29 is 19.3 Å². The second-order valence-electron chi connectivity index (χ2n) is 9.57. The third-order valence-corrected chi connectivity index (χ3v) is 7.24. The Hall–Kier alpha value is -3.54. The maximum Gasteiger partial charge on any atom is 0.119 e. The monoisotopic (exact) mass is 497 g/mol. The number of aliphatic hydroxyl groups excluding tert-OH is 1. The number of rotatable bonds is 9. The van der Waals surface area contributed by atoms with Crippen LogP contribution < -0.4 is 14.2 Å². The standard InChI is InChI=1S/C32H35NO4/c1-35-27-8-6-7-24(21-27)29-15-11-25-22-28(36-2)14-16-30(25)31(29)32(34)23-9-12-26(13-10-23)37-20-19-33-17-4-3-5-18-33/h6-16,21-22,32,34H,3-5,17-20H2,1-2H3. The molecule has 192 valence electrons. The molecule has 1 fully saturated rings. The van der Waals surface area contributed by atoms with Crippen molar-refractivity contribution in [1.29, 1.82) is 0 Å². The molecule has 0 bridgehead atoms. The van der Waals surface area contributed by atoms with Gasteiger partial charge in [0.2, 0.25) is 0 Å². The lowest BCUT2D eigenvalue weighted by Crippen LogP contribution is -2.33. The van der Waals surface area contributed by atoms with Gasteiger partial charge in [-0.15, -0.1) is 0 Å². The average molecular weight is 498 g/mol. The molecule has 0 saturated carbocycles. The highest BCUT2D eigenvalue weighted by molar-refractivity contribution is 5.93.